The van der Waals surface area contributed by atoms with Crippen LogP contribution in [0.1, 0.15) is 98.7 Å². The van der Waals surface area contributed by atoms with Crippen LogP contribution in [-0.4, -0.2) is 48.0 Å². The van der Waals surface area contributed by atoms with Crippen LogP contribution < -0.4 is 10.6 Å². The normalized spacial score (nSPS) is 27.0. The van der Waals surface area contributed by atoms with Crippen molar-refractivity contribution in [2.45, 2.75) is 88.8 Å². The third-order valence-electron chi connectivity index (χ3n) is 9.73. The molecule has 2 amide bonds. The number of nitrogens with one attached hydrogen (secondary N) is 2. The molecule has 230 valence electrons. The van der Waals surface area contributed by atoms with Crippen LogP contribution in [0.3, 0.4) is 0 Å². The van der Waals surface area contributed by atoms with Crippen LogP contribution >= 0.6 is 0 Å². The number of carbonyl (C=O) groups is 2. The maximum atomic E-state index is 14.1. The molecule has 4 fully saturated rings. The molecule has 0 radical (unpaired) electrons. The molecule has 3 heterocycles. The summed E-state index contributed by atoms with van der Waals surface area (Å²) in [6.45, 7) is 3.84. The van der Waals surface area contributed by atoms with Crippen LogP contribution in [0.4, 0.5) is 17.6 Å². The maximum absolute atomic E-state index is 14.1. The van der Waals surface area contributed by atoms with Crippen LogP contribution in [0.5, 0.6) is 0 Å². The Morgan fingerprint density at radius 3 is 2.40 bits per heavy atom. The molecule has 0 aliphatic heterocycles. The quantitative estimate of drug-likeness (QED) is 0.308. The van der Waals surface area contributed by atoms with Gasteiger partial charge in [0.1, 0.15) is 5.69 Å². The fourth-order valence-electron chi connectivity index (χ4n) is 7.23. The van der Waals surface area contributed by atoms with Crippen molar-refractivity contribution in [1.82, 2.24) is 35.0 Å². The zero-order valence-corrected chi connectivity index (χ0v) is 24.0. The van der Waals surface area contributed by atoms with E-state index in [0.717, 1.165) is 18.4 Å². The van der Waals surface area contributed by atoms with Crippen molar-refractivity contribution in [2.24, 2.45) is 29.6 Å². The van der Waals surface area contributed by atoms with Gasteiger partial charge >= 0.3 is 0 Å². The van der Waals surface area contributed by atoms with E-state index in [1.807, 2.05) is 19.9 Å². The van der Waals surface area contributed by atoms with Crippen molar-refractivity contribution in [3.63, 3.8) is 0 Å². The van der Waals surface area contributed by atoms with Gasteiger partial charge in [0.2, 0.25) is 11.8 Å². The lowest BCUT2D eigenvalue weighted by Crippen LogP contribution is -2.39. The zero-order chi connectivity index (χ0) is 30.3. The molecule has 43 heavy (non-hydrogen) atoms. The highest BCUT2D eigenvalue weighted by atomic mass is 19.3. The minimum absolute atomic E-state index is 0.0422. The van der Waals surface area contributed by atoms with E-state index in [4.69, 9.17) is 4.98 Å². The fourth-order valence-corrected chi connectivity index (χ4v) is 7.23. The number of carbonyl (C=O) groups excluding carboxylic acids is 2. The topological polar surface area (TPSA) is 106 Å². The molecule has 1 unspecified atom stereocenters. The molecule has 3 aromatic rings. The van der Waals surface area contributed by atoms with E-state index < -0.39 is 29.7 Å². The number of amides is 2. The van der Waals surface area contributed by atoms with Gasteiger partial charge < -0.3 is 10.6 Å². The standard InChI is InChI=1S/C30H35F4N7O2/c1-15(2)41-23(5-6-35-41)28(43)39-27(18-8-20-21(9-18)30(20,33)34)22-14-40-24(37-22)10-19(13-36-40)26(17-3-4-17)38-25(42)7-16-11-29(31,32)12-16/h5-6,10,13-18,20-21,26-27H,3-4,7-9,11-12H2,1-2H3,(H,38,42)(H,39,43)/t18-,20-,21+,26-,27?/m1/s1. The number of imidazole rings is 1. The molecule has 0 bridgehead atoms. The van der Waals surface area contributed by atoms with Gasteiger partial charge in [-0.05, 0) is 75.0 Å². The first-order valence-electron chi connectivity index (χ1n) is 15.1. The number of halogens is 4. The second-order valence-corrected chi connectivity index (χ2v) is 13.3. The third-order valence-corrected chi connectivity index (χ3v) is 9.73. The number of hydrogen-bond donors (Lipinski definition) is 2. The molecule has 0 spiro atoms. The highest BCUT2D eigenvalue weighted by molar-refractivity contribution is 5.92. The average Bonchev–Trinajstić information content (AvgIpc) is 3.54. The van der Waals surface area contributed by atoms with E-state index in [0.29, 0.717) is 29.9 Å². The Balaban J connectivity index is 1.12. The summed E-state index contributed by atoms with van der Waals surface area (Å²) in [5.41, 5.74) is 2.18. The van der Waals surface area contributed by atoms with Gasteiger partial charge in [-0.2, -0.15) is 10.2 Å². The summed E-state index contributed by atoms with van der Waals surface area (Å²) in [6, 6.07) is 2.52. The van der Waals surface area contributed by atoms with Crippen molar-refractivity contribution in [3.05, 3.63) is 47.7 Å². The molecular formula is C30H35F4N7O2. The van der Waals surface area contributed by atoms with Gasteiger partial charge in [0.15, 0.2) is 5.65 Å². The lowest BCUT2D eigenvalue weighted by molar-refractivity contribution is -0.134. The summed E-state index contributed by atoms with van der Waals surface area (Å²) in [6.07, 6.45) is 6.96. The first kappa shape index (κ1) is 28.3. The molecule has 4 saturated carbocycles. The van der Waals surface area contributed by atoms with Gasteiger partial charge in [-0.3, -0.25) is 14.3 Å². The predicted octanol–water partition coefficient (Wildman–Crippen LogP) is 5.27. The molecule has 4 aliphatic rings. The van der Waals surface area contributed by atoms with Gasteiger partial charge in [0.05, 0.1) is 30.2 Å². The Labute approximate surface area is 245 Å². The minimum atomic E-state index is -2.67. The summed E-state index contributed by atoms with van der Waals surface area (Å²) in [5.74, 6) is -7.54. The van der Waals surface area contributed by atoms with E-state index in [9.17, 15) is 27.2 Å². The molecule has 0 aromatic carbocycles. The first-order chi connectivity index (χ1) is 20.4. The van der Waals surface area contributed by atoms with Gasteiger partial charge in [-0.1, -0.05) is 0 Å². The van der Waals surface area contributed by atoms with Crippen molar-refractivity contribution in [1.29, 1.82) is 0 Å². The molecule has 0 saturated heterocycles. The van der Waals surface area contributed by atoms with Crippen LogP contribution in [0.2, 0.25) is 0 Å². The molecule has 4 aliphatic carbocycles. The summed E-state index contributed by atoms with van der Waals surface area (Å²) in [5, 5.41) is 14.9. The summed E-state index contributed by atoms with van der Waals surface area (Å²) >= 11 is 0. The van der Waals surface area contributed by atoms with Crippen molar-refractivity contribution in [2.75, 3.05) is 0 Å². The van der Waals surface area contributed by atoms with Gasteiger partial charge in [0.25, 0.3) is 11.8 Å². The number of rotatable bonds is 10. The van der Waals surface area contributed by atoms with E-state index in [2.05, 4.69) is 20.8 Å². The molecule has 2 N–H and O–H groups in total. The van der Waals surface area contributed by atoms with Crippen LogP contribution in [0, 0.1) is 29.6 Å². The van der Waals surface area contributed by atoms with Crippen LogP contribution in [-0.2, 0) is 4.79 Å². The largest absolute Gasteiger partial charge is 0.349 e. The molecule has 13 heteroatoms. The highest BCUT2D eigenvalue weighted by Gasteiger charge is 2.72. The molecular weight excluding hydrogens is 566 g/mol. The summed E-state index contributed by atoms with van der Waals surface area (Å²) < 4.78 is 57.9. The Morgan fingerprint density at radius 2 is 1.74 bits per heavy atom. The van der Waals surface area contributed by atoms with E-state index in [1.54, 1.807) is 33.9 Å². The molecule has 3 aromatic heterocycles. The second kappa shape index (κ2) is 10.0. The molecule has 5 atom stereocenters. The number of alkyl halides is 4. The maximum Gasteiger partial charge on any atom is 0.270 e. The number of nitrogens with zero attached hydrogens (tertiary/aromatic N) is 5. The summed E-state index contributed by atoms with van der Waals surface area (Å²) in [4.78, 5) is 30.9. The third kappa shape index (κ3) is 5.28. The highest BCUT2D eigenvalue weighted by Crippen LogP contribution is 2.67. The minimum Gasteiger partial charge on any atom is -0.349 e. The fraction of sp³-hybridized carbons (Fsp3) is 0.633. The Kier molecular flexibility index (Phi) is 6.59. The summed E-state index contributed by atoms with van der Waals surface area (Å²) in [7, 11) is 0. The Hall–Kier alpha value is -3.51. The monoisotopic (exact) mass is 601 g/mol. The van der Waals surface area contributed by atoms with Gasteiger partial charge in [0, 0.05) is 43.3 Å². The SMILES string of the molecule is CC(C)n1nccc1C(=O)NC(c1cn2ncc([C@H](NC(=O)CC3CC(F)(F)C3)C3CC3)cc2n1)[C@@H]1C[C@@H]2[C@H](C1)C2(F)F. The van der Waals surface area contributed by atoms with E-state index >= 15 is 0 Å². The second-order valence-electron chi connectivity index (χ2n) is 13.3. The van der Waals surface area contributed by atoms with Crippen molar-refractivity contribution >= 4 is 17.5 Å². The number of hydrogen-bond acceptors (Lipinski definition) is 5. The van der Waals surface area contributed by atoms with Gasteiger partial charge in [-0.15, -0.1) is 0 Å². The first-order valence-corrected chi connectivity index (χ1v) is 15.1. The molecule has 9 nitrogen and oxygen atoms in total. The average molecular weight is 602 g/mol. The molecule has 7 rings (SSSR count). The van der Waals surface area contributed by atoms with E-state index in [1.165, 1.54) is 0 Å². The van der Waals surface area contributed by atoms with E-state index in [-0.39, 0.29) is 60.9 Å². The number of fused-ring (bicyclic) bond motifs is 2. The van der Waals surface area contributed by atoms with Crippen LogP contribution in [0.25, 0.3) is 5.65 Å². The van der Waals surface area contributed by atoms with Crippen LogP contribution in [0.15, 0.2) is 30.7 Å². The smallest absolute Gasteiger partial charge is 0.270 e. The Bertz CT molecular complexity index is 1540. The van der Waals surface area contributed by atoms with Gasteiger partial charge in [-0.25, -0.2) is 27.1 Å². The van der Waals surface area contributed by atoms with Crippen molar-refractivity contribution < 1.29 is 27.2 Å². The van der Waals surface area contributed by atoms with Crippen molar-refractivity contribution in [3.8, 4) is 0 Å². The Morgan fingerprint density at radius 1 is 1.02 bits per heavy atom. The lowest BCUT2D eigenvalue weighted by Gasteiger charge is -2.34. The lowest BCUT2D eigenvalue weighted by atomic mass is 9.79. The zero-order valence-electron chi connectivity index (χ0n) is 24.0. The number of aromatic nitrogens is 5. The predicted molar refractivity (Wildman–Crippen MR) is 146 cm³/mol.